The van der Waals surface area contributed by atoms with Crippen LogP contribution in [0.2, 0.25) is 0 Å². The number of piperazine rings is 1. The molecule has 0 unspecified atom stereocenters. The highest BCUT2D eigenvalue weighted by Crippen LogP contribution is 2.27. The Morgan fingerprint density at radius 3 is 2.22 bits per heavy atom. The fourth-order valence-corrected chi connectivity index (χ4v) is 3.42. The molecule has 3 amide bonds. The normalized spacial score (nSPS) is 14.4. The van der Waals surface area contributed by atoms with Crippen molar-refractivity contribution in [2.24, 2.45) is 0 Å². The Morgan fingerprint density at radius 1 is 0.969 bits per heavy atom. The first-order valence-corrected chi connectivity index (χ1v) is 10.1. The number of likely N-dealkylation sites (N-methyl/N-ethyl adjacent to an activating group) is 1. The molecule has 0 spiro atoms. The van der Waals surface area contributed by atoms with E-state index in [1.807, 2.05) is 18.2 Å². The van der Waals surface area contributed by atoms with Crippen LogP contribution in [0.15, 0.2) is 54.6 Å². The maximum atomic E-state index is 12.6. The Morgan fingerprint density at radius 2 is 1.56 bits per heavy atom. The fraction of sp³-hybridized carbons (Fsp3) is 0.364. The summed E-state index contributed by atoms with van der Waals surface area (Å²) < 4.78 is 41.8. The van der Waals surface area contributed by atoms with Gasteiger partial charge in [0.05, 0.1) is 6.54 Å². The van der Waals surface area contributed by atoms with Crippen molar-refractivity contribution >= 4 is 17.6 Å². The van der Waals surface area contributed by atoms with E-state index in [9.17, 15) is 22.8 Å². The number of alkyl halides is 3. The molecule has 2 aromatic rings. The molecule has 1 saturated heterocycles. The van der Waals surface area contributed by atoms with Crippen LogP contribution in [0.3, 0.4) is 0 Å². The van der Waals surface area contributed by atoms with Crippen molar-refractivity contribution in [3.63, 3.8) is 0 Å². The van der Waals surface area contributed by atoms with Gasteiger partial charge in [-0.2, -0.15) is 0 Å². The van der Waals surface area contributed by atoms with Crippen LogP contribution in [0.5, 0.6) is 5.75 Å². The van der Waals surface area contributed by atoms with Gasteiger partial charge < -0.3 is 19.9 Å². The number of nitrogens with one attached hydrogen (secondary N) is 1. The predicted molar refractivity (Wildman–Crippen MR) is 113 cm³/mol. The monoisotopic (exact) mass is 450 g/mol. The summed E-state index contributed by atoms with van der Waals surface area (Å²) in [6.45, 7) is 1.74. The molecule has 7 nitrogen and oxygen atoms in total. The van der Waals surface area contributed by atoms with Gasteiger partial charge in [0.2, 0.25) is 5.91 Å². The van der Waals surface area contributed by atoms with E-state index >= 15 is 0 Å². The van der Waals surface area contributed by atoms with Gasteiger partial charge in [-0.3, -0.25) is 9.69 Å². The molecule has 0 aromatic heterocycles. The van der Waals surface area contributed by atoms with E-state index < -0.39 is 6.36 Å². The lowest BCUT2D eigenvalue weighted by atomic mass is 10.2. The minimum atomic E-state index is -4.78. The molecular weight excluding hydrogens is 425 g/mol. The molecule has 1 N–H and O–H groups in total. The van der Waals surface area contributed by atoms with Gasteiger partial charge in [-0.25, -0.2) is 4.79 Å². The molecule has 1 heterocycles. The predicted octanol–water partition coefficient (Wildman–Crippen LogP) is 3.39. The lowest BCUT2D eigenvalue weighted by Crippen LogP contribution is -2.53. The number of anilines is 1. The highest BCUT2D eigenvalue weighted by atomic mass is 19.4. The number of carbonyl (C=O) groups excluding carboxylic acids is 2. The quantitative estimate of drug-likeness (QED) is 0.733. The Balaban J connectivity index is 1.47. The number of benzene rings is 2. The van der Waals surface area contributed by atoms with Gasteiger partial charge in [0, 0.05) is 44.0 Å². The zero-order valence-corrected chi connectivity index (χ0v) is 17.6. The minimum Gasteiger partial charge on any atom is -0.405 e. The molecular formula is C22H25F3N4O3. The van der Waals surface area contributed by atoms with Gasteiger partial charge in [0.25, 0.3) is 0 Å². The summed E-state index contributed by atoms with van der Waals surface area (Å²) in [6, 6.07) is 14.8. The summed E-state index contributed by atoms with van der Waals surface area (Å²) in [7, 11) is 1.66. The van der Waals surface area contributed by atoms with E-state index in [1.165, 1.54) is 18.2 Å². The summed E-state index contributed by atoms with van der Waals surface area (Å²) in [5.41, 5.74) is 1.04. The molecule has 10 heteroatoms. The van der Waals surface area contributed by atoms with E-state index in [4.69, 9.17) is 0 Å². The van der Waals surface area contributed by atoms with Crippen LogP contribution in [0, 0.1) is 0 Å². The third-order valence-electron chi connectivity index (χ3n) is 4.99. The van der Waals surface area contributed by atoms with Crippen LogP contribution in [-0.2, 0) is 11.3 Å². The van der Waals surface area contributed by atoms with Crippen LogP contribution in [0.25, 0.3) is 0 Å². The lowest BCUT2D eigenvalue weighted by Gasteiger charge is -2.35. The second kappa shape index (κ2) is 10.4. The summed E-state index contributed by atoms with van der Waals surface area (Å²) in [6.07, 6.45) is -4.78. The lowest BCUT2D eigenvalue weighted by molar-refractivity contribution is -0.275. The second-order valence-electron chi connectivity index (χ2n) is 7.49. The molecule has 2 aromatic carbocycles. The van der Waals surface area contributed by atoms with E-state index in [2.05, 4.69) is 10.1 Å². The standard InChI is InChI=1S/C22H25F3N4O3/c1-27(15-17-7-5-6-10-19(17)32-22(23,24)25)16-20(30)28-11-13-29(14-12-28)21(31)26-18-8-3-2-4-9-18/h2-10H,11-16H2,1H3,(H,26,31). The van der Waals surface area contributed by atoms with Crippen molar-refractivity contribution in [3.8, 4) is 5.75 Å². The van der Waals surface area contributed by atoms with E-state index in [0.717, 1.165) is 0 Å². The van der Waals surface area contributed by atoms with Gasteiger partial charge in [0.15, 0.2) is 0 Å². The number of carbonyl (C=O) groups is 2. The van der Waals surface area contributed by atoms with Crippen molar-refractivity contribution < 1.29 is 27.5 Å². The highest BCUT2D eigenvalue weighted by Gasteiger charge is 2.32. The van der Waals surface area contributed by atoms with Crippen molar-refractivity contribution in [1.82, 2.24) is 14.7 Å². The van der Waals surface area contributed by atoms with E-state index in [1.54, 1.807) is 39.9 Å². The second-order valence-corrected chi connectivity index (χ2v) is 7.49. The number of hydrogen-bond acceptors (Lipinski definition) is 4. The van der Waals surface area contributed by atoms with Crippen LogP contribution < -0.4 is 10.1 Å². The van der Waals surface area contributed by atoms with Gasteiger partial charge >= 0.3 is 12.4 Å². The third kappa shape index (κ3) is 6.88. The number of hydrogen-bond donors (Lipinski definition) is 1. The first kappa shape index (κ1) is 23.4. The summed E-state index contributed by atoms with van der Waals surface area (Å²) in [4.78, 5) is 29.9. The Hall–Kier alpha value is -3.27. The van der Waals surface area contributed by atoms with Gasteiger partial charge in [-0.15, -0.1) is 13.2 Å². The number of ether oxygens (including phenoxy) is 1. The van der Waals surface area contributed by atoms with Crippen LogP contribution in [0.1, 0.15) is 5.56 Å². The molecule has 0 aliphatic carbocycles. The molecule has 32 heavy (non-hydrogen) atoms. The number of halogens is 3. The SMILES string of the molecule is CN(CC(=O)N1CCN(C(=O)Nc2ccccc2)CC1)Cc1ccccc1OC(F)(F)F. The zero-order chi connectivity index (χ0) is 23.1. The molecule has 3 rings (SSSR count). The molecule has 1 fully saturated rings. The van der Waals surface area contributed by atoms with Crippen molar-refractivity contribution in [2.75, 3.05) is 45.1 Å². The van der Waals surface area contributed by atoms with Crippen LogP contribution in [-0.4, -0.2) is 72.8 Å². The Labute approximate surface area is 184 Å². The molecule has 172 valence electrons. The topological polar surface area (TPSA) is 65.1 Å². The number of urea groups is 1. The maximum absolute atomic E-state index is 12.6. The summed E-state index contributed by atoms with van der Waals surface area (Å²) in [5, 5.41) is 2.82. The molecule has 0 bridgehead atoms. The summed E-state index contributed by atoms with van der Waals surface area (Å²) >= 11 is 0. The van der Waals surface area contributed by atoms with Gasteiger partial charge in [-0.05, 0) is 25.2 Å². The minimum absolute atomic E-state index is 0.0383. The smallest absolute Gasteiger partial charge is 0.405 e. The molecule has 0 radical (unpaired) electrons. The first-order chi connectivity index (χ1) is 15.2. The van der Waals surface area contributed by atoms with Crippen LogP contribution in [0.4, 0.5) is 23.7 Å². The van der Waals surface area contributed by atoms with Crippen molar-refractivity contribution in [1.29, 1.82) is 0 Å². The number of amides is 3. The summed E-state index contributed by atoms with van der Waals surface area (Å²) in [5.74, 6) is -0.429. The Bertz CT molecular complexity index is 916. The number of para-hydroxylation sites is 2. The average molecular weight is 450 g/mol. The van der Waals surface area contributed by atoms with Gasteiger partial charge in [-0.1, -0.05) is 36.4 Å². The third-order valence-corrected chi connectivity index (χ3v) is 4.99. The largest absolute Gasteiger partial charge is 0.573 e. The highest BCUT2D eigenvalue weighted by molar-refractivity contribution is 5.89. The average Bonchev–Trinajstić information content (AvgIpc) is 2.75. The van der Waals surface area contributed by atoms with Crippen molar-refractivity contribution in [2.45, 2.75) is 12.9 Å². The number of rotatable bonds is 6. The van der Waals surface area contributed by atoms with Gasteiger partial charge in [0.1, 0.15) is 5.75 Å². The molecule has 1 aliphatic heterocycles. The van der Waals surface area contributed by atoms with E-state index in [0.29, 0.717) is 37.4 Å². The van der Waals surface area contributed by atoms with Crippen LogP contribution >= 0.6 is 0 Å². The zero-order valence-electron chi connectivity index (χ0n) is 17.6. The molecule has 1 aliphatic rings. The van der Waals surface area contributed by atoms with E-state index in [-0.39, 0.29) is 30.8 Å². The number of nitrogens with zero attached hydrogens (tertiary/aromatic N) is 3. The fourth-order valence-electron chi connectivity index (χ4n) is 3.42. The first-order valence-electron chi connectivity index (χ1n) is 10.1. The van der Waals surface area contributed by atoms with Crippen molar-refractivity contribution in [3.05, 3.63) is 60.2 Å². The molecule has 0 saturated carbocycles. The molecule has 0 atom stereocenters. The Kier molecular flexibility index (Phi) is 7.57. The maximum Gasteiger partial charge on any atom is 0.573 e.